The van der Waals surface area contributed by atoms with Gasteiger partial charge in [-0.2, -0.15) is 0 Å². The lowest BCUT2D eigenvalue weighted by atomic mass is 9.87. The number of halogens is 1. The van der Waals surface area contributed by atoms with E-state index in [1.54, 1.807) is 6.92 Å². The number of fused-ring (bicyclic) bond motifs is 1. The molecular weight excluding hydrogens is 367 g/mol. The predicted molar refractivity (Wildman–Crippen MR) is 102 cm³/mol. The number of nitrogens with two attached hydrogens (primary N) is 1. The quantitative estimate of drug-likeness (QED) is 0.607. The van der Waals surface area contributed by atoms with Gasteiger partial charge in [0, 0.05) is 11.6 Å². The molecule has 0 fully saturated rings. The van der Waals surface area contributed by atoms with E-state index in [9.17, 15) is 17.6 Å². The molecule has 3 N–H and O–H groups in total. The van der Waals surface area contributed by atoms with Crippen LogP contribution in [-0.2, 0) is 21.1 Å². The maximum Gasteiger partial charge on any atom is 0.224 e. The first-order chi connectivity index (χ1) is 12.8. The Morgan fingerprint density at radius 1 is 1.26 bits per heavy atom. The third kappa shape index (κ3) is 4.47. The highest BCUT2D eigenvalue weighted by molar-refractivity contribution is 7.91. The fraction of sp³-hybridized carbons (Fsp3) is 0.350. The fourth-order valence-electron chi connectivity index (χ4n) is 3.44. The number of hydrogen-bond acceptors (Lipinski definition) is 4. The van der Waals surface area contributed by atoms with Gasteiger partial charge in [0.15, 0.2) is 9.84 Å². The van der Waals surface area contributed by atoms with Crippen LogP contribution in [0.15, 0.2) is 47.4 Å². The van der Waals surface area contributed by atoms with Crippen molar-refractivity contribution in [2.75, 3.05) is 11.5 Å². The summed E-state index contributed by atoms with van der Waals surface area (Å²) in [6, 6.07) is 10.2. The number of anilines is 1. The predicted octanol–water partition coefficient (Wildman–Crippen LogP) is 3.01. The lowest BCUT2D eigenvalue weighted by Gasteiger charge is -2.27. The van der Waals surface area contributed by atoms with Crippen LogP contribution in [0.5, 0.6) is 0 Å². The average molecular weight is 390 g/mol. The maximum absolute atomic E-state index is 13.0. The van der Waals surface area contributed by atoms with Crippen molar-refractivity contribution in [3.05, 3.63) is 59.4 Å². The largest absolute Gasteiger partial charge is 0.399 e. The van der Waals surface area contributed by atoms with E-state index in [-0.39, 0.29) is 22.6 Å². The van der Waals surface area contributed by atoms with Gasteiger partial charge in [0.05, 0.1) is 16.7 Å². The van der Waals surface area contributed by atoms with Crippen molar-refractivity contribution in [1.29, 1.82) is 0 Å². The topological polar surface area (TPSA) is 89.3 Å². The molecule has 0 radical (unpaired) electrons. The molecule has 0 aliphatic heterocycles. The maximum atomic E-state index is 13.0. The molecular formula is C20H23FN2O3S. The molecule has 0 saturated heterocycles. The lowest BCUT2D eigenvalue weighted by molar-refractivity contribution is -0.124. The molecule has 0 spiro atoms. The first-order valence-corrected chi connectivity index (χ1v) is 10.6. The van der Waals surface area contributed by atoms with Crippen LogP contribution in [0.2, 0.25) is 0 Å². The summed E-state index contributed by atoms with van der Waals surface area (Å²) < 4.78 is 37.9. The Kier molecular flexibility index (Phi) is 5.51. The first kappa shape index (κ1) is 19.4. The minimum absolute atomic E-state index is 0.0158. The van der Waals surface area contributed by atoms with Crippen LogP contribution in [0.1, 0.15) is 36.9 Å². The van der Waals surface area contributed by atoms with Crippen LogP contribution in [0.4, 0.5) is 10.1 Å². The van der Waals surface area contributed by atoms with Gasteiger partial charge in [0.2, 0.25) is 5.91 Å². The Morgan fingerprint density at radius 3 is 2.67 bits per heavy atom. The third-order valence-electron chi connectivity index (χ3n) is 4.89. The second-order valence-corrected chi connectivity index (χ2v) is 9.08. The van der Waals surface area contributed by atoms with Gasteiger partial charge in [0.25, 0.3) is 0 Å². The van der Waals surface area contributed by atoms with Gasteiger partial charge < -0.3 is 11.1 Å². The molecule has 144 valence electrons. The van der Waals surface area contributed by atoms with E-state index in [2.05, 4.69) is 5.32 Å². The molecule has 2 aromatic carbocycles. The Bertz CT molecular complexity index is 942. The highest BCUT2D eigenvalue weighted by Gasteiger charge is 2.27. The number of sulfone groups is 1. The molecule has 0 aromatic heterocycles. The van der Waals surface area contributed by atoms with E-state index >= 15 is 0 Å². The van der Waals surface area contributed by atoms with Gasteiger partial charge in [-0.25, -0.2) is 12.8 Å². The van der Waals surface area contributed by atoms with Gasteiger partial charge in [-0.1, -0.05) is 13.0 Å². The number of rotatable bonds is 5. The Hall–Kier alpha value is -2.41. The number of hydrogen-bond donors (Lipinski definition) is 2. The van der Waals surface area contributed by atoms with E-state index < -0.39 is 21.6 Å². The number of benzene rings is 2. The van der Waals surface area contributed by atoms with E-state index in [1.807, 2.05) is 18.2 Å². The number of nitrogens with one attached hydrogen (secondary N) is 1. The van der Waals surface area contributed by atoms with E-state index in [1.165, 1.54) is 12.1 Å². The highest BCUT2D eigenvalue weighted by atomic mass is 32.2. The number of nitrogen functional groups attached to an aromatic ring is 1. The highest BCUT2D eigenvalue weighted by Crippen LogP contribution is 2.31. The SMILES string of the molecule is CC(CS(=O)(=O)c1ccc(F)cc1)C(=O)NC1CCCc2cc(N)ccc21. The third-order valence-corrected chi connectivity index (χ3v) is 6.82. The van der Waals surface area contributed by atoms with Crippen LogP contribution in [0.25, 0.3) is 0 Å². The zero-order valence-electron chi connectivity index (χ0n) is 15.1. The first-order valence-electron chi connectivity index (χ1n) is 8.93. The molecule has 0 saturated carbocycles. The van der Waals surface area contributed by atoms with Crippen molar-refractivity contribution in [1.82, 2.24) is 5.32 Å². The lowest BCUT2D eigenvalue weighted by Crippen LogP contribution is -2.37. The van der Waals surface area contributed by atoms with E-state index in [4.69, 9.17) is 5.73 Å². The summed E-state index contributed by atoms with van der Waals surface area (Å²) in [5, 5.41) is 2.97. The van der Waals surface area contributed by atoms with E-state index in [0.717, 1.165) is 42.5 Å². The summed E-state index contributed by atoms with van der Waals surface area (Å²) in [6.45, 7) is 1.59. The van der Waals surface area contributed by atoms with Crippen LogP contribution in [-0.4, -0.2) is 20.1 Å². The molecule has 2 atom stereocenters. The monoisotopic (exact) mass is 390 g/mol. The molecule has 1 amide bonds. The molecule has 2 unspecified atom stereocenters. The second kappa shape index (κ2) is 7.68. The molecule has 0 bridgehead atoms. The van der Waals surface area contributed by atoms with Crippen molar-refractivity contribution in [2.24, 2.45) is 5.92 Å². The molecule has 0 heterocycles. The number of carbonyl (C=O) groups is 1. The number of aryl methyl sites for hydroxylation is 1. The minimum atomic E-state index is -3.67. The molecule has 1 aliphatic rings. The van der Waals surface area contributed by atoms with Gasteiger partial charge in [-0.3, -0.25) is 4.79 Å². The van der Waals surface area contributed by atoms with Crippen molar-refractivity contribution >= 4 is 21.4 Å². The summed E-state index contributed by atoms with van der Waals surface area (Å²) in [4.78, 5) is 12.6. The smallest absolute Gasteiger partial charge is 0.224 e. The average Bonchev–Trinajstić information content (AvgIpc) is 2.61. The summed E-state index contributed by atoms with van der Waals surface area (Å²) in [7, 11) is -3.67. The van der Waals surface area contributed by atoms with Crippen molar-refractivity contribution in [3.8, 4) is 0 Å². The molecule has 27 heavy (non-hydrogen) atoms. The van der Waals surface area contributed by atoms with Crippen molar-refractivity contribution in [2.45, 2.75) is 37.1 Å². The number of amides is 1. The van der Waals surface area contributed by atoms with Crippen LogP contribution in [0, 0.1) is 11.7 Å². The van der Waals surface area contributed by atoms with Crippen molar-refractivity contribution < 1.29 is 17.6 Å². The van der Waals surface area contributed by atoms with Gasteiger partial charge >= 0.3 is 0 Å². The zero-order chi connectivity index (χ0) is 19.6. The van der Waals surface area contributed by atoms with Gasteiger partial charge in [0.1, 0.15) is 5.82 Å². The summed E-state index contributed by atoms with van der Waals surface area (Å²) in [5.74, 6) is -1.86. The van der Waals surface area contributed by atoms with Crippen molar-refractivity contribution in [3.63, 3.8) is 0 Å². The number of carbonyl (C=O) groups excluding carboxylic acids is 1. The second-order valence-electron chi connectivity index (χ2n) is 7.05. The summed E-state index contributed by atoms with van der Waals surface area (Å²) in [6.07, 6.45) is 2.66. The summed E-state index contributed by atoms with van der Waals surface area (Å²) in [5.41, 5.74) is 8.69. The fourth-order valence-corrected chi connectivity index (χ4v) is 4.99. The van der Waals surface area contributed by atoms with Crippen LogP contribution < -0.4 is 11.1 Å². The zero-order valence-corrected chi connectivity index (χ0v) is 15.9. The van der Waals surface area contributed by atoms with Crippen LogP contribution in [0.3, 0.4) is 0 Å². The molecule has 5 nitrogen and oxygen atoms in total. The Morgan fingerprint density at radius 2 is 1.96 bits per heavy atom. The van der Waals surface area contributed by atoms with Crippen LogP contribution >= 0.6 is 0 Å². The van der Waals surface area contributed by atoms with Gasteiger partial charge in [-0.15, -0.1) is 0 Å². The molecule has 3 rings (SSSR count). The molecule has 7 heteroatoms. The Balaban J connectivity index is 1.69. The molecule has 1 aliphatic carbocycles. The Labute approximate surface area is 158 Å². The minimum Gasteiger partial charge on any atom is -0.399 e. The standard InChI is InChI=1S/C20H23FN2O3S/c1-13(12-27(25,26)17-8-5-15(21)6-9-17)20(24)23-19-4-2-3-14-11-16(22)7-10-18(14)19/h5-11,13,19H,2-4,12,22H2,1H3,(H,23,24). The van der Waals surface area contributed by atoms with E-state index in [0.29, 0.717) is 5.69 Å². The van der Waals surface area contributed by atoms with Gasteiger partial charge in [-0.05, 0) is 66.8 Å². The molecule has 2 aromatic rings. The summed E-state index contributed by atoms with van der Waals surface area (Å²) >= 11 is 0. The normalized spacial score (nSPS) is 17.8.